The minimum absolute atomic E-state index is 0.415. The molecule has 2 aliphatic heterocycles. The normalized spacial score (nSPS) is 45.8. The molecule has 28 heavy (non-hydrogen) atoms. The Morgan fingerprint density at radius 1 is 0.679 bits per heavy atom. The number of aliphatic hydroxyl groups excluding tert-OH is 9. The third-order valence-corrected chi connectivity index (χ3v) is 4.61. The van der Waals surface area contributed by atoms with Crippen molar-refractivity contribution < 1.29 is 64.9 Å². The third-order valence-electron chi connectivity index (χ3n) is 4.61. The molecule has 2 heterocycles. The van der Waals surface area contributed by atoms with Crippen LogP contribution >= 0.6 is 0 Å². The molecule has 2 fully saturated rings. The van der Waals surface area contributed by atoms with E-state index in [1.165, 1.54) is 0 Å². The van der Waals surface area contributed by atoms with Gasteiger partial charge in [-0.3, -0.25) is 0 Å². The van der Waals surface area contributed by atoms with E-state index in [1.807, 2.05) is 0 Å². The van der Waals surface area contributed by atoms with Crippen molar-refractivity contribution in [3.8, 4) is 0 Å². The van der Waals surface area contributed by atoms with Gasteiger partial charge in [-0.05, 0) is 0 Å². The van der Waals surface area contributed by atoms with Gasteiger partial charge in [0.1, 0.15) is 54.9 Å². The van der Waals surface area contributed by atoms with Crippen molar-refractivity contribution >= 4 is 0 Å². The number of aliphatic hydroxyl groups is 9. The third kappa shape index (κ3) is 5.34. The second-order valence-corrected chi connectivity index (χ2v) is 6.72. The lowest BCUT2D eigenvalue weighted by atomic mass is 9.98. The SMILES string of the molecule is OCC(O)COC1OC(CO[C@H]2OC(CO)[C@H](O)C(O)C2O)[C@H](O)C(O)[C@H]1O. The summed E-state index contributed by atoms with van der Waals surface area (Å²) >= 11 is 0. The molecule has 0 spiro atoms. The van der Waals surface area contributed by atoms with Crippen LogP contribution < -0.4 is 0 Å². The minimum Gasteiger partial charge on any atom is -0.394 e. The Morgan fingerprint density at radius 2 is 1.18 bits per heavy atom. The molecule has 0 bridgehead atoms. The molecule has 166 valence electrons. The van der Waals surface area contributed by atoms with Crippen LogP contribution in [0.1, 0.15) is 0 Å². The van der Waals surface area contributed by atoms with E-state index in [-0.39, 0.29) is 0 Å². The fraction of sp³-hybridized carbons (Fsp3) is 1.00. The summed E-state index contributed by atoms with van der Waals surface area (Å²) in [6.07, 6.45) is -16.5. The summed E-state index contributed by atoms with van der Waals surface area (Å²) in [7, 11) is 0. The highest BCUT2D eigenvalue weighted by Crippen LogP contribution is 2.25. The predicted molar refractivity (Wildman–Crippen MR) is 85.4 cm³/mol. The zero-order valence-corrected chi connectivity index (χ0v) is 14.8. The van der Waals surface area contributed by atoms with Gasteiger partial charge in [-0.2, -0.15) is 0 Å². The van der Waals surface area contributed by atoms with E-state index < -0.39 is 93.9 Å². The first kappa shape index (κ1) is 23.8. The number of ether oxygens (including phenoxy) is 4. The Bertz CT molecular complexity index is 465. The minimum atomic E-state index is -1.69. The second-order valence-electron chi connectivity index (χ2n) is 6.72. The molecular weight excluding hydrogens is 388 g/mol. The first-order chi connectivity index (χ1) is 13.2. The lowest BCUT2D eigenvalue weighted by Gasteiger charge is -2.42. The lowest BCUT2D eigenvalue weighted by Crippen LogP contribution is -2.61. The van der Waals surface area contributed by atoms with Gasteiger partial charge >= 0.3 is 0 Å². The molecule has 0 radical (unpaired) electrons. The standard InChI is InChI=1S/C15H28O13/c16-1-5(18)3-25-14-13(24)11(22)9(20)7(28-14)4-26-15-12(23)10(21)8(19)6(2-17)27-15/h5-24H,1-4H2/t5?,6?,7?,8-,9-,10?,11?,12?,13+,14?,15-/m0/s1. The summed E-state index contributed by atoms with van der Waals surface area (Å²) in [6.45, 7) is -2.16. The average molecular weight is 416 g/mol. The molecular formula is C15H28O13. The quantitative estimate of drug-likeness (QED) is 0.180. The first-order valence-corrected chi connectivity index (χ1v) is 8.73. The van der Waals surface area contributed by atoms with Gasteiger partial charge in [-0.25, -0.2) is 0 Å². The first-order valence-electron chi connectivity index (χ1n) is 8.73. The Morgan fingerprint density at radius 3 is 1.71 bits per heavy atom. The summed E-state index contributed by atoms with van der Waals surface area (Å²) in [6, 6.07) is 0. The van der Waals surface area contributed by atoms with Crippen molar-refractivity contribution in [2.75, 3.05) is 26.4 Å². The van der Waals surface area contributed by atoms with Crippen LogP contribution in [-0.4, -0.2) is 140 Å². The van der Waals surface area contributed by atoms with E-state index in [0.717, 1.165) is 0 Å². The summed E-state index contributed by atoms with van der Waals surface area (Å²) in [4.78, 5) is 0. The van der Waals surface area contributed by atoms with Crippen molar-refractivity contribution in [3.05, 3.63) is 0 Å². The average Bonchev–Trinajstić information content (AvgIpc) is 2.70. The van der Waals surface area contributed by atoms with Crippen molar-refractivity contribution in [1.29, 1.82) is 0 Å². The van der Waals surface area contributed by atoms with Gasteiger partial charge in [0, 0.05) is 0 Å². The Kier molecular flexibility index (Phi) is 8.90. The van der Waals surface area contributed by atoms with Gasteiger partial charge < -0.3 is 64.9 Å². The van der Waals surface area contributed by atoms with Crippen molar-refractivity contribution in [2.24, 2.45) is 0 Å². The smallest absolute Gasteiger partial charge is 0.186 e. The molecule has 13 heteroatoms. The molecule has 9 N–H and O–H groups in total. The van der Waals surface area contributed by atoms with Gasteiger partial charge in [0.15, 0.2) is 12.6 Å². The van der Waals surface area contributed by atoms with E-state index in [2.05, 4.69) is 0 Å². The van der Waals surface area contributed by atoms with Crippen LogP contribution in [0.5, 0.6) is 0 Å². The summed E-state index contributed by atoms with van der Waals surface area (Å²) in [5.74, 6) is 0. The molecule has 2 saturated heterocycles. The second kappa shape index (κ2) is 10.5. The molecule has 0 aromatic heterocycles. The fourth-order valence-electron chi connectivity index (χ4n) is 2.85. The number of rotatable bonds is 8. The van der Waals surface area contributed by atoms with Crippen LogP contribution in [0.15, 0.2) is 0 Å². The van der Waals surface area contributed by atoms with Gasteiger partial charge in [0.2, 0.25) is 0 Å². The van der Waals surface area contributed by atoms with Crippen LogP contribution in [-0.2, 0) is 18.9 Å². The van der Waals surface area contributed by atoms with Gasteiger partial charge in [0.25, 0.3) is 0 Å². The van der Waals surface area contributed by atoms with E-state index >= 15 is 0 Å². The zero-order chi connectivity index (χ0) is 21.0. The van der Waals surface area contributed by atoms with E-state index in [1.54, 1.807) is 0 Å². The van der Waals surface area contributed by atoms with E-state index in [9.17, 15) is 35.7 Å². The van der Waals surface area contributed by atoms with Crippen LogP contribution in [0.2, 0.25) is 0 Å². The van der Waals surface area contributed by atoms with Crippen molar-refractivity contribution in [1.82, 2.24) is 0 Å². The van der Waals surface area contributed by atoms with Crippen LogP contribution in [0.3, 0.4) is 0 Å². The molecule has 11 atom stereocenters. The largest absolute Gasteiger partial charge is 0.394 e. The molecule has 0 aromatic rings. The van der Waals surface area contributed by atoms with Crippen molar-refractivity contribution in [3.63, 3.8) is 0 Å². The molecule has 2 rings (SSSR count). The van der Waals surface area contributed by atoms with Gasteiger partial charge in [-0.15, -0.1) is 0 Å². The molecule has 0 saturated carbocycles. The van der Waals surface area contributed by atoms with Crippen molar-refractivity contribution in [2.45, 2.75) is 67.5 Å². The zero-order valence-electron chi connectivity index (χ0n) is 14.8. The topological polar surface area (TPSA) is 219 Å². The van der Waals surface area contributed by atoms with Crippen LogP contribution in [0.4, 0.5) is 0 Å². The molecule has 7 unspecified atom stereocenters. The number of hydrogen-bond acceptors (Lipinski definition) is 13. The monoisotopic (exact) mass is 416 g/mol. The predicted octanol–water partition coefficient (Wildman–Crippen LogP) is -6.02. The molecule has 0 aliphatic carbocycles. The lowest BCUT2D eigenvalue weighted by molar-refractivity contribution is -0.332. The maximum absolute atomic E-state index is 10.0. The van der Waals surface area contributed by atoms with Gasteiger partial charge in [0.05, 0.1) is 26.4 Å². The Hall–Kier alpha value is -0.520. The van der Waals surface area contributed by atoms with Crippen LogP contribution in [0, 0.1) is 0 Å². The summed E-state index contributed by atoms with van der Waals surface area (Å²) < 4.78 is 20.8. The maximum Gasteiger partial charge on any atom is 0.186 e. The highest BCUT2D eigenvalue weighted by atomic mass is 16.7. The molecule has 2 aliphatic rings. The highest BCUT2D eigenvalue weighted by Gasteiger charge is 2.47. The fourth-order valence-corrected chi connectivity index (χ4v) is 2.85. The molecule has 13 nitrogen and oxygen atoms in total. The molecule has 0 amide bonds. The number of hydrogen-bond donors (Lipinski definition) is 9. The molecule has 0 aromatic carbocycles. The maximum atomic E-state index is 10.0. The summed E-state index contributed by atoms with van der Waals surface area (Å²) in [5.41, 5.74) is 0. The van der Waals surface area contributed by atoms with Crippen LogP contribution in [0.25, 0.3) is 0 Å². The Balaban J connectivity index is 1.95. The van der Waals surface area contributed by atoms with E-state index in [4.69, 9.17) is 29.2 Å². The highest BCUT2D eigenvalue weighted by molar-refractivity contribution is 4.91. The summed E-state index contributed by atoms with van der Waals surface area (Å²) in [5, 5.41) is 86.5. The van der Waals surface area contributed by atoms with E-state index in [0.29, 0.717) is 0 Å². The Labute approximate surface area is 159 Å². The van der Waals surface area contributed by atoms with Gasteiger partial charge in [-0.1, -0.05) is 0 Å².